The standard InChI is InChI=1S/C2H5NS.C2H3N.C2H6.CH2O3.CH4.Na.H2O/c1-2-3-4;1-2-3;1-2;2-1-4-3;;;/h2H2,1H3;1H3;1-2H3;1,3H;1H4;;1H2/q;;;;;+1;/p-1. The third-order valence-electron chi connectivity index (χ3n) is 0.168. The average molecular weight is 264 g/mol. The van der Waals surface area contributed by atoms with Crippen LogP contribution in [0.5, 0.6) is 0 Å². The molecule has 0 aliphatic heterocycles. The van der Waals surface area contributed by atoms with Gasteiger partial charge in [-0.05, 0) is 6.92 Å². The van der Waals surface area contributed by atoms with Gasteiger partial charge in [0, 0.05) is 25.9 Å². The van der Waals surface area contributed by atoms with Crippen LogP contribution in [-0.4, -0.2) is 18.5 Å². The molecule has 0 rings (SSSR count). The first-order valence-electron chi connectivity index (χ1n) is 3.57. The molecular formula is C8H21N2NaO4S. The summed E-state index contributed by atoms with van der Waals surface area (Å²) in [5.74, 6) is 0. The quantitative estimate of drug-likeness (QED) is 0.237. The maximum Gasteiger partial charge on any atom is 1.00 e. The summed E-state index contributed by atoms with van der Waals surface area (Å²) >= 11 is 4.18. The van der Waals surface area contributed by atoms with Crippen LogP contribution < -0.4 is 34.8 Å². The van der Waals surface area contributed by atoms with Crippen LogP contribution in [0.25, 0.3) is 0 Å². The number of carbonyl (C=O) groups is 1. The Hall–Kier alpha value is -0.100. The second-order valence-corrected chi connectivity index (χ2v) is 1.12. The maximum absolute atomic E-state index is 8.64. The first-order valence-corrected chi connectivity index (χ1v) is 3.93. The Kier molecular flexibility index (Phi) is 334. The molecule has 0 spiro atoms. The van der Waals surface area contributed by atoms with E-state index < -0.39 is 0 Å². The molecule has 0 amide bonds. The molecule has 8 heteroatoms. The van der Waals surface area contributed by atoms with Crippen molar-refractivity contribution in [2.75, 3.05) is 6.54 Å². The van der Waals surface area contributed by atoms with E-state index in [1.807, 2.05) is 20.8 Å². The van der Waals surface area contributed by atoms with Crippen LogP contribution in [0.1, 0.15) is 35.1 Å². The summed E-state index contributed by atoms with van der Waals surface area (Å²) in [6.07, 6.45) is 0. The Bertz CT molecular complexity index is 115. The molecule has 0 unspecified atom stereocenters. The fourth-order valence-corrected chi connectivity index (χ4v) is 0. The molecule has 0 fully saturated rings. The molecule has 0 radical (unpaired) electrons. The minimum atomic E-state index is -0.181. The van der Waals surface area contributed by atoms with Crippen molar-refractivity contribution in [3.05, 3.63) is 0 Å². The van der Waals surface area contributed by atoms with E-state index in [2.05, 4.69) is 21.7 Å². The summed E-state index contributed by atoms with van der Waals surface area (Å²) in [5.41, 5.74) is 0. The van der Waals surface area contributed by atoms with Gasteiger partial charge in [0.2, 0.25) is 0 Å². The molecule has 0 saturated heterocycles. The summed E-state index contributed by atoms with van der Waals surface area (Å²) in [4.78, 5) is 11.2. The Labute approximate surface area is 126 Å². The second kappa shape index (κ2) is 120. The molecule has 0 aromatic carbocycles. The molecule has 0 saturated carbocycles. The van der Waals surface area contributed by atoms with Crippen LogP contribution in [0.3, 0.4) is 0 Å². The van der Waals surface area contributed by atoms with Gasteiger partial charge in [0.05, 0.1) is 6.07 Å². The zero-order valence-electron chi connectivity index (χ0n) is 9.81. The van der Waals surface area contributed by atoms with Crippen molar-refractivity contribution in [1.82, 2.24) is 0 Å². The number of nitrogens with zero attached hydrogens (tertiary/aromatic N) is 2. The molecule has 0 aromatic rings. The van der Waals surface area contributed by atoms with Gasteiger partial charge >= 0.3 is 29.6 Å². The molecule has 0 aromatic heterocycles. The van der Waals surface area contributed by atoms with Gasteiger partial charge < -0.3 is 15.6 Å². The van der Waals surface area contributed by atoms with Gasteiger partial charge in [-0.2, -0.15) is 5.26 Å². The maximum atomic E-state index is 8.64. The minimum absolute atomic E-state index is 0. The fourth-order valence-electron chi connectivity index (χ4n) is 0. The smallest absolute Gasteiger partial charge is 0.662 e. The van der Waals surface area contributed by atoms with Gasteiger partial charge in [-0.15, -0.1) is 0 Å². The van der Waals surface area contributed by atoms with E-state index in [1.165, 1.54) is 6.92 Å². The van der Waals surface area contributed by atoms with E-state index in [1.54, 1.807) is 6.07 Å². The Morgan fingerprint density at radius 3 is 1.69 bits per heavy atom. The summed E-state index contributed by atoms with van der Waals surface area (Å²) < 4.78 is 3.32. The van der Waals surface area contributed by atoms with E-state index in [4.69, 9.17) is 15.3 Å². The zero-order chi connectivity index (χ0) is 11.5. The molecule has 94 valence electrons. The number of hydrogen-bond donors (Lipinski definition) is 0. The Morgan fingerprint density at radius 2 is 1.69 bits per heavy atom. The SMILES string of the molecule is C.CC.CC#N.CCN=S.O.O=CO[O-].[Na+]. The van der Waals surface area contributed by atoms with Crippen LogP contribution in [0.15, 0.2) is 4.36 Å². The van der Waals surface area contributed by atoms with Crippen LogP contribution >= 0.6 is 0 Å². The Morgan fingerprint density at radius 1 is 1.56 bits per heavy atom. The van der Waals surface area contributed by atoms with Crippen molar-refractivity contribution >= 4 is 18.9 Å². The number of rotatable bonds is 2. The molecule has 16 heavy (non-hydrogen) atoms. The number of hydrogen-bond acceptors (Lipinski definition) is 6. The van der Waals surface area contributed by atoms with Crippen molar-refractivity contribution in [1.29, 1.82) is 5.26 Å². The monoisotopic (exact) mass is 264 g/mol. The zero-order valence-corrected chi connectivity index (χ0v) is 12.6. The van der Waals surface area contributed by atoms with E-state index in [-0.39, 0.29) is 48.9 Å². The van der Waals surface area contributed by atoms with E-state index in [0.29, 0.717) is 0 Å². The van der Waals surface area contributed by atoms with Gasteiger partial charge in [0.1, 0.15) is 0 Å². The van der Waals surface area contributed by atoms with Crippen molar-refractivity contribution in [3.63, 3.8) is 0 Å². The summed E-state index contributed by atoms with van der Waals surface area (Å²) in [7, 11) is 0. The van der Waals surface area contributed by atoms with E-state index >= 15 is 0 Å². The average Bonchev–Trinajstić information content (AvgIpc) is 2.22. The molecule has 2 N–H and O–H groups in total. The molecule has 0 bridgehead atoms. The van der Waals surface area contributed by atoms with Gasteiger partial charge in [0.25, 0.3) is 6.47 Å². The summed E-state index contributed by atoms with van der Waals surface area (Å²) in [6, 6.07) is 1.75. The second-order valence-electron chi connectivity index (χ2n) is 0.861. The van der Waals surface area contributed by atoms with Crippen LogP contribution in [0, 0.1) is 11.3 Å². The van der Waals surface area contributed by atoms with Crippen LogP contribution in [0.2, 0.25) is 0 Å². The largest absolute Gasteiger partial charge is 1.00 e. The first kappa shape index (κ1) is 44.6. The van der Waals surface area contributed by atoms with Crippen molar-refractivity contribution in [3.8, 4) is 6.07 Å². The molecule has 0 atom stereocenters. The van der Waals surface area contributed by atoms with Gasteiger partial charge in [-0.1, -0.05) is 21.3 Å². The predicted octanol–water partition coefficient (Wildman–Crippen LogP) is -2.46. The molecular weight excluding hydrogens is 243 g/mol. The Balaban J connectivity index is -0.0000000131. The van der Waals surface area contributed by atoms with Crippen molar-refractivity contribution in [2.45, 2.75) is 35.1 Å². The van der Waals surface area contributed by atoms with Crippen molar-refractivity contribution in [2.24, 2.45) is 4.36 Å². The minimum Gasteiger partial charge on any atom is -0.662 e. The van der Waals surface area contributed by atoms with E-state index in [9.17, 15) is 0 Å². The summed E-state index contributed by atoms with van der Waals surface area (Å²) in [5, 5.41) is 15.8. The normalized spacial score (nSPS) is 3.75. The molecule has 0 heterocycles. The number of carbonyl (C=O) groups excluding carboxylic acids is 1. The number of nitriles is 1. The third-order valence-corrected chi connectivity index (χ3v) is 0.427. The molecule has 6 nitrogen and oxygen atoms in total. The van der Waals surface area contributed by atoms with Crippen LogP contribution in [-0.2, 0) is 22.1 Å². The third kappa shape index (κ3) is 641. The van der Waals surface area contributed by atoms with Crippen molar-refractivity contribution < 1.29 is 50.0 Å². The predicted molar refractivity (Wildman–Crippen MR) is 60.5 cm³/mol. The van der Waals surface area contributed by atoms with Crippen LogP contribution in [0.4, 0.5) is 0 Å². The fraction of sp³-hybridized carbons (Fsp3) is 0.750. The summed E-state index contributed by atoms with van der Waals surface area (Å²) in [6.45, 7) is 7.92. The van der Waals surface area contributed by atoms with E-state index in [0.717, 1.165) is 6.54 Å². The molecule has 0 aliphatic carbocycles. The van der Waals surface area contributed by atoms with Gasteiger partial charge in [-0.3, -0.25) is 4.79 Å². The van der Waals surface area contributed by atoms with Gasteiger partial charge in [-0.25, -0.2) is 4.36 Å². The first-order chi connectivity index (χ1) is 6.24. The molecule has 0 aliphatic rings. The van der Waals surface area contributed by atoms with Gasteiger partial charge in [0.15, 0.2) is 0 Å². The topological polar surface area (TPSA) is 117 Å².